The lowest BCUT2D eigenvalue weighted by molar-refractivity contribution is -0.164. The van der Waals surface area contributed by atoms with Crippen LogP contribution in [0.4, 0.5) is 5.69 Å². The number of thiophene rings is 1. The second kappa shape index (κ2) is 7.15. The van der Waals surface area contributed by atoms with Crippen LogP contribution >= 0.6 is 11.3 Å². The number of rotatable bonds is 4. The first kappa shape index (κ1) is 20.2. The van der Waals surface area contributed by atoms with Gasteiger partial charge in [-0.05, 0) is 55.7 Å². The number of hydrogen-bond acceptors (Lipinski definition) is 7. The minimum atomic E-state index is -1.05. The third kappa shape index (κ3) is 3.06. The Bertz CT molecular complexity index is 1400. The van der Waals surface area contributed by atoms with E-state index in [4.69, 9.17) is 15.5 Å². The van der Waals surface area contributed by atoms with Crippen LogP contribution in [0, 0.1) is 5.41 Å². The Morgan fingerprint density at radius 2 is 2.09 bits per heavy atom. The van der Waals surface area contributed by atoms with Crippen molar-refractivity contribution in [1.82, 2.24) is 19.7 Å². The largest absolute Gasteiger partial charge is 0.611 e. The van der Waals surface area contributed by atoms with Crippen molar-refractivity contribution < 1.29 is 9.29 Å². The number of aromatic nitrogens is 4. The first-order valence-electron chi connectivity index (χ1n) is 11.5. The van der Waals surface area contributed by atoms with Gasteiger partial charge in [0.25, 0.3) is 0 Å². The molecule has 0 bridgehead atoms. The average Bonchev–Trinajstić information content (AvgIpc) is 3.22. The van der Waals surface area contributed by atoms with Crippen LogP contribution in [0.2, 0.25) is 0 Å². The van der Waals surface area contributed by atoms with Crippen molar-refractivity contribution in [1.29, 1.82) is 0 Å². The molecule has 1 saturated heterocycles. The normalized spacial score (nSPS) is 21.3. The monoisotopic (exact) mass is 479 g/mol. The molecule has 2 saturated carbocycles. The number of nitrogens with two attached hydrogens (primary N) is 1. The van der Waals surface area contributed by atoms with E-state index in [0.717, 1.165) is 82.0 Å². The van der Waals surface area contributed by atoms with Crippen LogP contribution in [0.5, 0.6) is 0 Å². The molecule has 1 unspecified atom stereocenters. The van der Waals surface area contributed by atoms with Crippen molar-refractivity contribution in [2.75, 3.05) is 18.9 Å². The number of hydrogen-bond donors (Lipinski definition) is 1. The summed E-state index contributed by atoms with van der Waals surface area (Å²) in [4.78, 5) is 10.4. The summed E-state index contributed by atoms with van der Waals surface area (Å²) in [6.07, 6.45) is 9.25. The van der Waals surface area contributed by atoms with Gasteiger partial charge in [-0.1, -0.05) is 11.3 Å². The van der Waals surface area contributed by atoms with E-state index in [2.05, 4.69) is 22.2 Å². The van der Waals surface area contributed by atoms with E-state index >= 15 is 0 Å². The molecule has 9 heteroatoms. The molecule has 5 heterocycles. The van der Waals surface area contributed by atoms with Crippen LogP contribution in [0.3, 0.4) is 0 Å². The lowest BCUT2D eigenvalue weighted by Crippen LogP contribution is -2.51. The molecule has 4 aromatic heterocycles. The lowest BCUT2D eigenvalue weighted by Gasteiger charge is -2.53. The summed E-state index contributed by atoms with van der Waals surface area (Å²) in [7, 11) is 1.90. The summed E-state index contributed by atoms with van der Waals surface area (Å²) in [6, 6.07) is 4.29. The minimum absolute atomic E-state index is 0.236. The van der Waals surface area contributed by atoms with E-state index in [1.807, 2.05) is 19.4 Å². The summed E-state index contributed by atoms with van der Waals surface area (Å²) < 4.78 is 21.3. The van der Waals surface area contributed by atoms with E-state index in [1.165, 1.54) is 16.9 Å². The van der Waals surface area contributed by atoms with Gasteiger partial charge in [-0.3, -0.25) is 4.68 Å². The molecule has 0 aromatic carbocycles. The average molecular weight is 480 g/mol. The summed E-state index contributed by atoms with van der Waals surface area (Å²) in [5, 5.41) is 6.63. The third-order valence-electron chi connectivity index (χ3n) is 7.62. The number of nitrogens with zero attached hydrogens (tertiary/aromatic N) is 4. The Balaban J connectivity index is 1.37. The van der Waals surface area contributed by atoms with Gasteiger partial charge >= 0.3 is 0 Å². The zero-order valence-electron chi connectivity index (χ0n) is 18.4. The van der Waals surface area contributed by atoms with Crippen LogP contribution in [-0.2, 0) is 23.0 Å². The SMILES string of the molecule is Cn1cc2cc(-c3cc(C4CC5(COC5)C4)c4c(N)c([S+]([O-])C5CCC5)sc4n3)cnc2n1. The van der Waals surface area contributed by atoms with Crippen LogP contribution in [0.1, 0.15) is 43.6 Å². The van der Waals surface area contributed by atoms with Gasteiger partial charge in [0.1, 0.15) is 15.8 Å². The molecule has 4 aromatic rings. The maximum Gasteiger partial charge on any atom is 0.232 e. The predicted octanol–water partition coefficient (Wildman–Crippen LogP) is 4.38. The zero-order chi connectivity index (χ0) is 22.3. The van der Waals surface area contributed by atoms with Crippen LogP contribution in [0.15, 0.2) is 28.7 Å². The van der Waals surface area contributed by atoms with Gasteiger partial charge < -0.3 is 15.0 Å². The number of ether oxygens (including phenoxy) is 1. The van der Waals surface area contributed by atoms with Gasteiger partial charge in [-0.2, -0.15) is 5.10 Å². The quantitative estimate of drug-likeness (QED) is 0.436. The molecule has 3 aliphatic rings. The molecule has 7 nitrogen and oxygen atoms in total. The smallest absolute Gasteiger partial charge is 0.232 e. The highest BCUT2D eigenvalue weighted by Gasteiger charge is 2.51. The highest BCUT2D eigenvalue weighted by Crippen LogP contribution is 2.57. The molecule has 7 rings (SSSR count). The summed E-state index contributed by atoms with van der Waals surface area (Å²) in [5.41, 5.74) is 11.5. The number of aryl methyl sites for hydroxylation is 1. The van der Waals surface area contributed by atoms with E-state index in [0.29, 0.717) is 17.0 Å². The molecule has 170 valence electrons. The maximum atomic E-state index is 13.2. The van der Waals surface area contributed by atoms with Gasteiger partial charge in [0.15, 0.2) is 5.65 Å². The second-order valence-electron chi connectivity index (χ2n) is 9.97. The number of anilines is 1. The minimum Gasteiger partial charge on any atom is -0.611 e. The molecule has 1 atom stereocenters. The molecule has 0 radical (unpaired) electrons. The Hall–Kier alpha value is -2.20. The van der Waals surface area contributed by atoms with Crippen molar-refractivity contribution in [2.24, 2.45) is 12.5 Å². The van der Waals surface area contributed by atoms with Gasteiger partial charge in [-0.15, -0.1) is 0 Å². The highest BCUT2D eigenvalue weighted by molar-refractivity contribution is 7.94. The Morgan fingerprint density at radius 3 is 2.79 bits per heavy atom. The van der Waals surface area contributed by atoms with Crippen LogP contribution in [0.25, 0.3) is 32.5 Å². The third-order valence-corrected chi connectivity index (χ3v) is 10.9. The molecule has 2 aliphatic carbocycles. The number of fused-ring (bicyclic) bond motifs is 2. The first-order valence-corrected chi connectivity index (χ1v) is 13.5. The Kier molecular flexibility index (Phi) is 4.38. The van der Waals surface area contributed by atoms with E-state index in [1.54, 1.807) is 4.68 Å². The summed E-state index contributed by atoms with van der Waals surface area (Å²) in [6.45, 7) is 1.73. The van der Waals surface area contributed by atoms with Gasteiger partial charge in [-0.25, -0.2) is 9.97 Å². The maximum absolute atomic E-state index is 13.2. The highest BCUT2D eigenvalue weighted by atomic mass is 32.2. The molecule has 0 amide bonds. The molecule has 1 aliphatic heterocycles. The van der Waals surface area contributed by atoms with Crippen molar-refractivity contribution in [2.45, 2.75) is 47.5 Å². The molecule has 2 N–H and O–H groups in total. The Labute approximate surface area is 198 Å². The fourth-order valence-corrected chi connectivity index (χ4v) is 8.71. The first-order chi connectivity index (χ1) is 16.0. The number of pyridine rings is 2. The predicted molar refractivity (Wildman–Crippen MR) is 131 cm³/mol. The second-order valence-corrected chi connectivity index (χ2v) is 12.9. The molecular formula is C24H25N5O2S2. The van der Waals surface area contributed by atoms with E-state index in [9.17, 15) is 4.55 Å². The molecular weight excluding hydrogens is 454 g/mol. The van der Waals surface area contributed by atoms with Crippen molar-refractivity contribution in [3.63, 3.8) is 0 Å². The lowest BCUT2D eigenvalue weighted by atomic mass is 9.58. The van der Waals surface area contributed by atoms with Crippen molar-refractivity contribution in [3.8, 4) is 11.3 Å². The summed E-state index contributed by atoms with van der Waals surface area (Å²) in [5.74, 6) is 0.426. The van der Waals surface area contributed by atoms with Crippen LogP contribution in [-0.4, -0.2) is 42.8 Å². The van der Waals surface area contributed by atoms with Gasteiger partial charge in [0.2, 0.25) is 4.21 Å². The molecule has 1 spiro atoms. The standard InChI is InChI=1S/C24H25N5O2S2/c1-29-10-14-5-13(9-26-21(14)28-29)18-6-17(15-7-24(8-15)11-31-12-24)19-20(25)23(32-22(19)27-18)33(30)16-3-2-4-16/h5-6,9-10,15-16H,2-4,7-8,11-12,25H2,1H3. The van der Waals surface area contributed by atoms with Gasteiger partial charge in [0, 0.05) is 52.4 Å². The summed E-state index contributed by atoms with van der Waals surface area (Å²) >= 11 is 0.461. The molecule has 33 heavy (non-hydrogen) atoms. The number of nitrogen functional groups attached to an aromatic ring is 1. The molecule has 3 fully saturated rings. The van der Waals surface area contributed by atoms with Crippen molar-refractivity contribution in [3.05, 3.63) is 30.1 Å². The zero-order valence-corrected chi connectivity index (χ0v) is 20.0. The Morgan fingerprint density at radius 1 is 1.27 bits per heavy atom. The fourth-order valence-electron chi connectivity index (χ4n) is 5.49. The fraction of sp³-hybridized carbons (Fsp3) is 0.458. The topological polar surface area (TPSA) is 102 Å². The van der Waals surface area contributed by atoms with Crippen molar-refractivity contribution >= 4 is 49.5 Å². The van der Waals surface area contributed by atoms with E-state index in [-0.39, 0.29) is 5.25 Å². The van der Waals surface area contributed by atoms with Crippen LogP contribution < -0.4 is 5.73 Å². The van der Waals surface area contributed by atoms with Gasteiger partial charge in [0.05, 0.1) is 18.9 Å². The van der Waals surface area contributed by atoms with E-state index < -0.39 is 11.2 Å².